The molecule has 0 atom stereocenters. The second kappa shape index (κ2) is 2.86. The van der Waals surface area contributed by atoms with Crippen molar-refractivity contribution in [2.75, 3.05) is 3.53 Å². The van der Waals surface area contributed by atoms with E-state index < -0.39 is 0 Å². The van der Waals surface area contributed by atoms with E-state index >= 15 is 0 Å². The van der Waals surface area contributed by atoms with Gasteiger partial charge in [0.05, 0.1) is 22.9 Å². The first-order valence-electron chi connectivity index (χ1n) is 2.38. The molecule has 0 aromatic carbocycles. The molecule has 0 spiro atoms. The average Bonchev–Trinajstić information content (AvgIpc) is 1.88. The summed E-state index contributed by atoms with van der Waals surface area (Å²) in [5.41, 5.74) is 0.732. The van der Waals surface area contributed by atoms with Gasteiger partial charge in [0.1, 0.15) is 0 Å². The SMILES string of the molecule is O=c1cc(NI)cc[nH]1. The van der Waals surface area contributed by atoms with Crippen LogP contribution in [0.5, 0.6) is 0 Å². The van der Waals surface area contributed by atoms with Crippen LogP contribution in [0.3, 0.4) is 0 Å². The van der Waals surface area contributed by atoms with Crippen molar-refractivity contribution in [1.82, 2.24) is 4.98 Å². The van der Waals surface area contributed by atoms with Crippen LogP contribution in [0.4, 0.5) is 5.69 Å². The fourth-order valence-corrected chi connectivity index (χ4v) is 0.839. The van der Waals surface area contributed by atoms with E-state index in [-0.39, 0.29) is 5.56 Å². The number of rotatable bonds is 1. The predicted octanol–water partition coefficient (Wildman–Crippen LogP) is 1.14. The van der Waals surface area contributed by atoms with Crippen LogP contribution >= 0.6 is 22.9 Å². The van der Waals surface area contributed by atoms with Gasteiger partial charge in [-0.2, -0.15) is 0 Å². The minimum absolute atomic E-state index is 0.0864. The van der Waals surface area contributed by atoms with Crippen molar-refractivity contribution in [3.05, 3.63) is 28.7 Å². The highest BCUT2D eigenvalue weighted by Crippen LogP contribution is 2.01. The maximum Gasteiger partial charge on any atom is 0.249 e. The van der Waals surface area contributed by atoms with Gasteiger partial charge in [-0.15, -0.1) is 0 Å². The molecule has 48 valence electrons. The Kier molecular flexibility index (Phi) is 2.10. The first kappa shape index (κ1) is 6.60. The Hall–Kier alpha value is -0.520. The second-order valence-corrected chi connectivity index (χ2v) is 2.08. The summed E-state index contributed by atoms with van der Waals surface area (Å²) >= 11 is 1.97. The third kappa shape index (κ3) is 1.70. The van der Waals surface area contributed by atoms with Gasteiger partial charge in [0.25, 0.3) is 0 Å². The zero-order valence-corrected chi connectivity index (χ0v) is 6.68. The minimum atomic E-state index is -0.0864. The number of nitrogens with one attached hydrogen (secondary N) is 2. The molecule has 1 aromatic rings. The predicted molar refractivity (Wildman–Crippen MR) is 44.7 cm³/mol. The molecule has 0 aliphatic heterocycles. The quantitative estimate of drug-likeness (QED) is 0.567. The number of hydrogen-bond acceptors (Lipinski definition) is 2. The van der Waals surface area contributed by atoms with Gasteiger partial charge in [0.2, 0.25) is 5.56 Å². The zero-order valence-electron chi connectivity index (χ0n) is 4.52. The molecule has 4 heteroatoms. The van der Waals surface area contributed by atoms with Crippen molar-refractivity contribution in [3.8, 4) is 0 Å². The number of H-pyrrole nitrogens is 1. The van der Waals surface area contributed by atoms with E-state index in [0.717, 1.165) is 5.69 Å². The Bertz CT molecular complexity index is 245. The molecule has 1 aromatic heterocycles. The van der Waals surface area contributed by atoms with Gasteiger partial charge in [-0.25, -0.2) is 0 Å². The van der Waals surface area contributed by atoms with Crippen LogP contribution in [0.25, 0.3) is 0 Å². The first-order valence-corrected chi connectivity index (χ1v) is 3.46. The lowest BCUT2D eigenvalue weighted by Gasteiger charge is -1.91. The lowest BCUT2D eigenvalue weighted by atomic mass is 10.4. The zero-order chi connectivity index (χ0) is 6.69. The monoisotopic (exact) mass is 236 g/mol. The number of pyridine rings is 1. The summed E-state index contributed by atoms with van der Waals surface area (Å²) in [4.78, 5) is 13.1. The molecule has 0 unspecified atom stereocenters. The Balaban J connectivity index is 3.08. The Labute approximate surface area is 66.0 Å². The summed E-state index contributed by atoms with van der Waals surface area (Å²) in [6, 6.07) is 3.28. The number of aromatic nitrogens is 1. The van der Waals surface area contributed by atoms with Gasteiger partial charge >= 0.3 is 0 Å². The Morgan fingerprint density at radius 1 is 1.67 bits per heavy atom. The molecule has 0 saturated heterocycles. The van der Waals surface area contributed by atoms with Crippen molar-refractivity contribution >= 4 is 28.6 Å². The largest absolute Gasteiger partial charge is 0.329 e. The first-order chi connectivity index (χ1) is 4.33. The summed E-state index contributed by atoms with van der Waals surface area (Å²) in [6.07, 6.45) is 1.60. The number of hydrogen-bond donors (Lipinski definition) is 2. The maximum absolute atomic E-state index is 10.6. The van der Waals surface area contributed by atoms with Gasteiger partial charge in [-0.1, -0.05) is 0 Å². The van der Waals surface area contributed by atoms with Gasteiger partial charge in [0.15, 0.2) is 0 Å². The van der Waals surface area contributed by atoms with Crippen LogP contribution in [0.15, 0.2) is 23.1 Å². The van der Waals surface area contributed by atoms with E-state index in [1.54, 1.807) is 12.3 Å². The van der Waals surface area contributed by atoms with Crippen LogP contribution in [0.2, 0.25) is 0 Å². The summed E-state index contributed by atoms with van der Waals surface area (Å²) in [5, 5.41) is 0. The molecular weight excluding hydrogens is 231 g/mol. The molecule has 0 amide bonds. The highest BCUT2D eigenvalue weighted by atomic mass is 127. The van der Waals surface area contributed by atoms with E-state index in [1.807, 2.05) is 22.9 Å². The summed E-state index contributed by atoms with van der Waals surface area (Å²) < 4.78 is 2.82. The van der Waals surface area contributed by atoms with Gasteiger partial charge in [-0.3, -0.25) is 4.79 Å². The highest BCUT2D eigenvalue weighted by molar-refractivity contribution is 14.1. The molecule has 0 radical (unpaired) electrons. The van der Waals surface area contributed by atoms with Crippen LogP contribution in [-0.4, -0.2) is 4.98 Å². The Morgan fingerprint density at radius 2 is 2.44 bits per heavy atom. The highest BCUT2D eigenvalue weighted by Gasteiger charge is 1.85. The minimum Gasteiger partial charge on any atom is -0.329 e. The lowest BCUT2D eigenvalue weighted by Crippen LogP contribution is -2.01. The van der Waals surface area contributed by atoms with Gasteiger partial charge < -0.3 is 8.51 Å². The number of anilines is 1. The average molecular weight is 236 g/mol. The van der Waals surface area contributed by atoms with Crippen molar-refractivity contribution in [1.29, 1.82) is 0 Å². The van der Waals surface area contributed by atoms with Crippen molar-refractivity contribution < 1.29 is 0 Å². The van der Waals surface area contributed by atoms with Crippen LogP contribution in [-0.2, 0) is 0 Å². The van der Waals surface area contributed by atoms with E-state index in [1.165, 1.54) is 6.07 Å². The van der Waals surface area contributed by atoms with Gasteiger partial charge in [0, 0.05) is 18.0 Å². The third-order valence-corrected chi connectivity index (χ3v) is 1.51. The molecule has 3 nitrogen and oxygen atoms in total. The van der Waals surface area contributed by atoms with Crippen molar-refractivity contribution in [2.24, 2.45) is 0 Å². The summed E-state index contributed by atoms with van der Waals surface area (Å²) in [5.74, 6) is 0. The topological polar surface area (TPSA) is 44.9 Å². The molecule has 0 aliphatic carbocycles. The molecule has 0 bridgehead atoms. The van der Waals surface area contributed by atoms with E-state index in [0.29, 0.717) is 0 Å². The number of aromatic amines is 1. The molecule has 2 N–H and O–H groups in total. The normalized spacial score (nSPS) is 9.00. The molecule has 0 fully saturated rings. The van der Waals surface area contributed by atoms with E-state index in [4.69, 9.17) is 0 Å². The summed E-state index contributed by atoms with van der Waals surface area (Å²) in [7, 11) is 0. The molecule has 0 aliphatic rings. The van der Waals surface area contributed by atoms with Crippen molar-refractivity contribution in [2.45, 2.75) is 0 Å². The third-order valence-electron chi connectivity index (χ3n) is 0.884. The Morgan fingerprint density at radius 3 is 2.89 bits per heavy atom. The van der Waals surface area contributed by atoms with Crippen LogP contribution in [0, 0.1) is 0 Å². The molecule has 1 rings (SSSR count). The second-order valence-electron chi connectivity index (χ2n) is 1.54. The van der Waals surface area contributed by atoms with Crippen LogP contribution in [0.1, 0.15) is 0 Å². The van der Waals surface area contributed by atoms with Gasteiger partial charge in [-0.05, 0) is 6.07 Å². The molecule has 0 saturated carbocycles. The van der Waals surface area contributed by atoms with E-state index in [9.17, 15) is 4.79 Å². The fourth-order valence-electron chi connectivity index (χ4n) is 0.503. The molecular formula is C5H5IN2O. The standard InChI is InChI=1S/C5H5IN2O/c6-8-4-1-2-7-5(9)3-4/h1-3H,(H2,7,8,9). The maximum atomic E-state index is 10.6. The summed E-state index contributed by atoms with van der Waals surface area (Å²) in [6.45, 7) is 0. The van der Waals surface area contributed by atoms with Crippen LogP contribution < -0.4 is 9.09 Å². The number of halogens is 1. The van der Waals surface area contributed by atoms with Crippen molar-refractivity contribution in [3.63, 3.8) is 0 Å². The van der Waals surface area contributed by atoms with E-state index in [2.05, 4.69) is 8.51 Å². The molecule has 1 heterocycles. The smallest absolute Gasteiger partial charge is 0.249 e. The fraction of sp³-hybridized carbons (Fsp3) is 0. The molecule has 9 heavy (non-hydrogen) atoms. The lowest BCUT2D eigenvalue weighted by molar-refractivity contribution is 1.24.